The van der Waals surface area contributed by atoms with Crippen molar-refractivity contribution in [1.29, 1.82) is 0 Å². The van der Waals surface area contributed by atoms with E-state index in [1.807, 2.05) is 30.3 Å². The van der Waals surface area contributed by atoms with Gasteiger partial charge in [-0.05, 0) is 30.3 Å². The fourth-order valence-electron chi connectivity index (χ4n) is 3.03. The van der Waals surface area contributed by atoms with Crippen LogP contribution in [0.25, 0.3) is 22.4 Å². The third-order valence-corrected chi connectivity index (χ3v) is 5.00. The van der Waals surface area contributed by atoms with Crippen molar-refractivity contribution in [3.8, 4) is 11.5 Å². The van der Waals surface area contributed by atoms with Crippen LogP contribution in [-0.4, -0.2) is 22.7 Å². The Kier molecular flexibility index (Phi) is 5.50. The van der Waals surface area contributed by atoms with Gasteiger partial charge in [-0.25, -0.2) is 4.98 Å². The zero-order valence-corrected chi connectivity index (χ0v) is 17.5. The van der Waals surface area contributed by atoms with Gasteiger partial charge in [-0.15, -0.1) is 11.3 Å². The number of carbonyl (C=O) groups excluding carboxylic acids is 3. The van der Waals surface area contributed by atoms with Crippen molar-refractivity contribution < 1.29 is 18.8 Å². The molecule has 0 unspecified atom stereocenters. The lowest BCUT2D eigenvalue weighted by Gasteiger charge is -2.10. The summed E-state index contributed by atoms with van der Waals surface area (Å²) >= 11 is 1.26. The van der Waals surface area contributed by atoms with Crippen LogP contribution in [-0.2, 0) is 9.59 Å². The molecule has 0 atom stereocenters. The van der Waals surface area contributed by atoms with E-state index in [1.54, 1.807) is 11.4 Å². The van der Waals surface area contributed by atoms with Gasteiger partial charge >= 0.3 is 0 Å². The summed E-state index contributed by atoms with van der Waals surface area (Å²) in [6.45, 7) is 2.72. The summed E-state index contributed by atoms with van der Waals surface area (Å²) < 4.78 is 5.81. The maximum atomic E-state index is 12.8. The summed E-state index contributed by atoms with van der Waals surface area (Å²) in [5.41, 5.74) is 2.42. The van der Waals surface area contributed by atoms with Gasteiger partial charge in [0.1, 0.15) is 11.3 Å². The van der Waals surface area contributed by atoms with Gasteiger partial charge < -0.3 is 15.1 Å². The molecule has 8 nitrogen and oxygen atoms in total. The predicted octanol–water partition coefficient (Wildman–Crippen LogP) is 4.73. The lowest BCUT2D eigenvalue weighted by molar-refractivity contribution is -0.115. The largest absolute Gasteiger partial charge is 0.454 e. The Bertz CT molecular complexity index is 1240. The smallest absolute Gasteiger partial charge is 0.257 e. The molecule has 0 aliphatic heterocycles. The quantitative estimate of drug-likeness (QED) is 0.420. The molecular formula is C22H18N4O4S. The first-order valence-corrected chi connectivity index (χ1v) is 10.2. The summed E-state index contributed by atoms with van der Waals surface area (Å²) in [5.74, 6) is -0.397. The second-order valence-corrected chi connectivity index (χ2v) is 7.66. The molecule has 0 bridgehead atoms. The van der Waals surface area contributed by atoms with Crippen molar-refractivity contribution in [2.45, 2.75) is 13.8 Å². The van der Waals surface area contributed by atoms with Crippen LogP contribution < -0.4 is 16.0 Å². The molecule has 3 N–H and O–H groups in total. The Morgan fingerprint density at radius 1 is 0.903 bits per heavy atom. The molecule has 0 radical (unpaired) electrons. The van der Waals surface area contributed by atoms with Gasteiger partial charge in [0.2, 0.25) is 11.8 Å². The summed E-state index contributed by atoms with van der Waals surface area (Å²) in [6, 6.07) is 14.2. The first kappa shape index (κ1) is 20.3. The normalized spacial score (nSPS) is 10.6. The fourth-order valence-corrected chi connectivity index (χ4v) is 3.73. The lowest BCUT2D eigenvalue weighted by Crippen LogP contribution is -2.15. The van der Waals surface area contributed by atoms with Crippen LogP contribution in [0.3, 0.4) is 0 Å². The highest BCUT2D eigenvalue weighted by molar-refractivity contribution is 7.14. The molecule has 31 heavy (non-hydrogen) atoms. The molecule has 0 fully saturated rings. The van der Waals surface area contributed by atoms with E-state index in [2.05, 4.69) is 20.9 Å². The van der Waals surface area contributed by atoms with Gasteiger partial charge in [0.25, 0.3) is 5.91 Å². The van der Waals surface area contributed by atoms with E-state index in [9.17, 15) is 14.4 Å². The molecule has 2 heterocycles. The molecule has 0 spiro atoms. The summed E-state index contributed by atoms with van der Waals surface area (Å²) in [4.78, 5) is 40.0. The van der Waals surface area contributed by atoms with E-state index in [-0.39, 0.29) is 17.4 Å². The second kappa shape index (κ2) is 8.41. The van der Waals surface area contributed by atoms with Crippen LogP contribution in [0, 0.1) is 0 Å². The first-order chi connectivity index (χ1) is 14.9. The number of nitrogens with one attached hydrogen (secondary N) is 3. The number of benzene rings is 2. The average Bonchev–Trinajstić information content (AvgIpc) is 3.33. The number of anilines is 3. The van der Waals surface area contributed by atoms with E-state index in [0.717, 1.165) is 11.0 Å². The zero-order chi connectivity index (χ0) is 22.0. The lowest BCUT2D eigenvalue weighted by atomic mass is 10.1. The molecule has 0 aliphatic carbocycles. The van der Waals surface area contributed by atoms with Crippen LogP contribution in [0.5, 0.6) is 0 Å². The fraction of sp³-hybridized carbons (Fsp3) is 0.0909. The van der Waals surface area contributed by atoms with Crippen molar-refractivity contribution >= 4 is 56.5 Å². The number of rotatable bonds is 5. The average molecular weight is 434 g/mol. The number of furan rings is 1. The number of hydrogen-bond donors (Lipinski definition) is 3. The van der Waals surface area contributed by atoms with Gasteiger partial charge in [-0.2, -0.15) is 0 Å². The summed E-state index contributed by atoms with van der Waals surface area (Å²) in [6.07, 6.45) is 0. The van der Waals surface area contributed by atoms with Crippen molar-refractivity contribution in [2.75, 3.05) is 16.0 Å². The minimum atomic E-state index is -0.427. The number of thiazole rings is 1. The summed E-state index contributed by atoms with van der Waals surface area (Å²) in [5, 5.41) is 11.1. The molecule has 9 heteroatoms. The molecule has 2 aromatic heterocycles. The van der Waals surface area contributed by atoms with Gasteiger partial charge in [0.15, 0.2) is 10.9 Å². The number of aromatic nitrogens is 1. The molecule has 4 rings (SSSR count). The van der Waals surface area contributed by atoms with Gasteiger partial charge in [-0.1, -0.05) is 18.2 Å². The standard InChI is InChI=1S/C22H18N4O4S/c1-12(27)23-16-7-15(8-17(10-16)24-13(2)28)21(29)26-22-25-18(11-31-22)20-9-14-5-3-4-6-19(14)30-20/h3-11H,1-2H3,(H,23,27)(H,24,28)(H,25,26,29). The SMILES string of the molecule is CC(=O)Nc1cc(NC(C)=O)cc(C(=O)Nc2nc(-c3cc4ccccc4o3)cs2)c1. The molecule has 3 amide bonds. The molecule has 4 aromatic rings. The number of amides is 3. The van der Waals surface area contributed by atoms with E-state index in [1.165, 1.54) is 37.3 Å². The Morgan fingerprint density at radius 2 is 1.58 bits per heavy atom. The number of nitrogens with zero attached hydrogens (tertiary/aromatic N) is 1. The highest BCUT2D eigenvalue weighted by Gasteiger charge is 2.15. The van der Waals surface area contributed by atoms with Crippen LogP contribution in [0.2, 0.25) is 0 Å². The van der Waals surface area contributed by atoms with Crippen molar-refractivity contribution in [3.05, 3.63) is 59.5 Å². The van der Waals surface area contributed by atoms with Gasteiger partial charge in [0.05, 0.1) is 0 Å². The Morgan fingerprint density at radius 3 is 2.23 bits per heavy atom. The summed E-state index contributed by atoms with van der Waals surface area (Å²) in [7, 11) is 0. The predicted molar refractivity (Wildman–Crippen MR) is 120 cm³/mol. The first-order valence-electron chi connectivity index (χ1n) is 9.33. The van der Waals surface area contributed by atoms with E-state index < -0.39 is 5.91 Å². The second-order valence-electron chi connectivity index (χ2n) is 6.80. The molecule has 0 saturated heterocycles. The number of carbonyl (C=O) groups is 3. The zero-order valence-electron chi connectivity index (χ0n) is 16.7. The monoisotopic (exact) mass is 434 g/mol. The minimum Gasteiger partial charge on any atom is -0.454 e. The van der Waals surface area contributed by atoms with Crippen LogP contribution in [0.4, 0.5) is 16.5 Å². The van der Waals surface area contributed by atoms with Crippen LogP contribution in [0.15, 0.2) is 58.3 Å². The van der Waals surface area contributed by atoms with Crippen molar-refractivity contribution in [3.63, 3.8) is 0 Å². The molecular weight excluding hydrogens is 416 g/mol. The van der Waals surface area contributed by atoms with Crippen molar-refractivity contribution in [1.82, 2.24) is 4.98 Å². The van der Waals surface area contributed by atoms with Gasteiger partial charge in [0, 0.05) is 41.6 Å². The van der Waals surface area contributed by atoms with E-state index in [0.29, 0.717) is 28.0 Å². The molecule has 2 aromatic carbocycles. The Balaban J connectivity index is 1.56. The molecule has 0 saturated carbocycles. The maximum absolute atomic E-state index is 12.8. The topological polar surface area (TPSA) is 113 Å². The maximum Gasteiger partial charge on any atom is 0.257 e. The third-order valence-electron chi connectivity index (χ3n) is 4.24. The van der Waals surface area contributed by atoms with Crippen LogP contribution in [0.1, 0.15) is 24.2 Å². The van der Waals surface area contributed by atoms with Crippen LogP contribution >= 0.6 is 11.3 Å². The van der Waals surface area contributed by atoms with E-state index >= 15 is 0 Å². The Hall–Kier alpha value is -3.98. The van der Waals surface area contributed by atoms with E-state index in [4.69, 9.17) is 4.42 Å². The molecule has 156 valence electrons. The highest BCUT2D eigenvalue weighted by Crippen LogP contribution is 2.30. The number of fused-ring (bicyclic) bond motifs is 1. The Labute approximate surface area is 181 Å². The van der Waals surface area contributed by atoms with Gasteiger partial charge in [-0.3, -0.25) is 19.7 Å². The number of hydrogen-bond acceptors (Lipinski definition) is 6. The van der Waals surface area contributed by atoms with Crippen molar-refractivity contribution in [2.24, 2.45) is 0 Å². The highest BCUT2D eigenvalue weighted by atomic mass is 32.1. The minimum absolute atomic E-state index is 0.260. The number of para-hydroxylation sites is 1. The third kappa shape index (κ3) is 4.78. The molecule has 0 aliphatic rings.